The zero-order valence-corrected chi connectivity index (χ0v) is 17.5. The lowest BCUT2D eigenvalue weighted by atomic mass is 10.2. The molecule has 2 heterocycles. The van der Waals surface area contributed by atoms with Crippen molar-refractivity contribution >= 4 is 32.2 Å². The summed E-state index contributed by atoms with van der Waals surface area (Å²) in [6, 6.07) is 6.30. The highest BCUT2D eigenvalue weighted by atomic mass is 32.2. The van der Waals surface area contributed by atoms with Crippen LogP contribution in [0.1, 0.15) is 36.3 Å². The molecule has 1 aliphatic rings. The Balaban J connectivity index is 1.69. The first-order valence-electron chi connectivity index (χ1n) is 9.09. The van der Waals surface area contributed by atoms with E-state index in [0.29, 0.717) is 18.7 Å². The molecule has 27 heavy (non-hydrogen) atoms. The summed E-state index contributed by atoms with van der Waals surface area (Å²) in [7, 11) is -3.32. The molecule has 1 saturated heterocycles. The lowest BCUT2D eigenvalue weighted by molar-refractivity contribution is 0.0767. The molecular formula is C19H25N3O3S2. The van der Waals surface area contributed by atoms with E-state index >= 15 is 0 Å². The van der Waals surface area contributed by atoms with E-state index in [0.717, 1.165) is 30.3 Å². The van der Waals surface area contributed by atoms with Crippen molar-refractivity contribution in [2.24, 2.45) is 0 Å². The summed E-state index contributed by atoms with van der Waals surface area (Å²) in [5.41, 5.74) is 1.54. The Kier molecular flexibility index (Phi) is 5.86. The first-order valence-corrected chi connectivity index (χ1v) is 11.5. The molecule has 0 saturated carbocycles. The van der Waals surface area contributed by atoms with Crippen molar-refractivity contribution in [2.45, 2.75) is 37.3 Å². The van der Waals surface area contributed by atoms with Crippen LogP contribution in [0.15, 0.2) is 34.5 Å². The normalized spacial score (nSPS) is 15.9. The second-order valence-electron chi connectivity index (χ2n) is 7.02. The van der Waals surface area contributed by atoms with Crippen LogP contribution in [-0.4, -0.2) is 55.6 Å². The molecule has 0 spiro atoms. The van der Waals surface area contributed by atoms with Gasteiger partial charge in [0.1, 0.15) is 0 Å². The van der Waals surface area contributed by atoms with Crippen LogP contribution in [0.3, 0.4) is 0 Å². The first-order chi connectivity index (χ1) is 12.8. The second-order valence-corrected chi connectivity index (χ2v) is 10.4. The third kappa shape index (κ3) is 4.32. The minimum Gasteiger partial charge on any atom is -0.346 e. The molecule has 1 amide bonds. The molecule has 146 valence electrons. The largest absolute Gasteiger partial charge is 0.346 e. The van der Waals surface area contributed by atoms with Crippen LogP contribution in [-0.2, 0) is 9.84 Å². The number of amides is 1. The van der Waals surface area contributed by atoms with Gasteiger partial charge in [0.25, 0.3) is 5.91 Å². The van der Waals surface area contributed by atoms with E-state index in [1.165, 1.54) is 12.1 Å². The van der Waals surface area contributed by atoms with Gasteiger partial charge in [-0.3, -0.25) is 4.79 Å². The Morgan fingerprint density at radius 1 is 1.11 bits per heavy atom. The molecule has 3 rings (SSSR count). The second kappa shape index (κ2) is 7.98. The molecule has 2 aromatic rings. The van der Waals surface area contributed by atoms with Gasteiger partial charge in [-0.15, -0.1) is 11.3 Å². The number of aryl methyl sites for hydroxylation is 1. The standard InChI is InChI=1S/C19H25N3O3S2/c1-14(2)27(24,25)17-7-5-16(6-8-17)18(23)21-9-4-10-22(12-11-21)19-20-15(3)13-26-19/h5-8,13-14H,4,9-12H2,1-3H3. The molecule has 0 unspecified atom stereocenters. The van der Waals surface area contributed by atoms with Crippen LogP contribution in [0.5, 0.6) is 0 Å². The summed E-state index contributed by atoms with van der Waals surface area (Å²) >= 11 is 1.63. The van der Waals surface area contributed by atoms with E-state index in [-0.39, 0.29) is 10.8 Å². The number of anilines is 1. The van der Waals surface area contributed by atoms with Gasteiger partial charge in [0, 0.05) is 37.1 Å². The molecule has 0 atom stereocenters. The van der Waals surface area contributed by atoms with Crippen molar-refractivity contribution in [1.82, 2.24) is 9.88 Å². The SMILES string of the molecule is Cc1csc(N2CCCN(C(=O)c3ccc(S(=O)(=O)C(C)C)cc3)CC2)n1. The van der Waals surface area contributed by atoms with Gasteiger partial charge in [-0.25, -0.2) is 13.4 Å². The summed E-state index contributed by atoms with van der Waals surface area (Å²) < 4.78 is 24.5. The maximum atomic E-state index is 12.8. The Morgan fingerprint density at radius 3 is 2.41 bits per heavy atom. The van der Waals surface area contributed by atoms with Gasteiger partial charge in [0.05, 0.1) is 15.8 Å². The molecule has 6 nitrogen and oxygen atoms in total. The summed E-state index contributed by atoms with van der Waals surface area (Å²) in [6.45, 7) is 8.23. The van der Waals surface area contributed by atoms with Crippen LogP contribution < -0.4 is 4.90 Å². The van der Waals surface area contributed by atoms with Crippen LogP contribution in [0.25, 0.3) is 0 Å². The van der Waals surface area contributed by atoms with E-state index in [1.54, 1.807) is 37.3 Å². The molecule has 1 aliphatic heterocycles. The Morgan fingerprint density at radius 2 is 1.81 bits per heavy atom. The fraction of sp³-hybridized carbons (Fsp3) is 0.474. The quantitative estimate of drug-likeness (QED) is 0.779. The fourth-order valence-corrected chi connectivity index (χ4v) is 4.96. The van der Waals surface area contributed by atoms with Crippen molar-refractivity contribution in [3.05, 3.63) is 40.9 Å². The van der Waals surface area contributed by atoms with Crippen molar-refractivity contribution in [1.29, 1.82) is 0 Å². The van der Waals surface area contributed by atoms with Crippen LogP contribution in [0.4, 0.5) is 5.13 Å². The zero-order valence-electron chi connectivity index (χ0n) is 15.9. The minimum atomic E-state index is -3.32. The zero-order chi connectivity index (χ0) is 19.6. The molecule has 0 radical (unpaired) electrons. The maximum absolute atomic E-state index is 12.8. The molecule has 0 N–H and O–H groups in total. The van der Waals surface area contributed by atoms with Gasteiger partial charge >= 0.3 is 0 Å². The summed E-state index contributed by atoms with van der Waals surface area (Å²) in [6.07, 6.45) is 0.879. The number of carbonyl (C=O) groups is 1. The highest BCUT2D eigenvalue weighted by molar-refractivity contribution is 7.92. The molecule has 1 aromatic carbocycles. The number of nitrogens with zero attached hydrogens (tertiary/aromatic N) is 3. The smallest absolute Gasteiger partial charge is 0.253 e. The third-order valence-electron chi connectivity index (χ3n) is 4.71. The van der Waals surface area contributed by atoms with Gasteiger partial charge in [-0.1, -0.05) is 0 Å². The van der Waals surface area contributed by atoms with Crippen molar-refractivity contribution in [3.63, 3.8) is 0 Å². The van der Waals surface area contributed by atoms with Gasteiger partial charge in [0.15, 0.2) is 15.0 Å². The van der Waals surface area contributed by atoms with E-state index in [4.69, 9.17) is 0 Å². The number of aromatic nitrogens is 1. The predicted octanol–water partition coefficient (Wildman–Crippen LogP) is 2.99. The highest BCUT2D eigenvalue weighted by Crippen LogP contribution is 2.22. The van der Waals surface area contributed by atoms with E-state index < -0.39 is 15.1 Å². The fourth-order valence-electron chi connectivity index (χ4n) is 3.04. The number of rotatable bonds is 4. The highest BCUT2D eigenvalue weighted by Gasteiger charge is 2.23. The average molecular weight is 408 g/mol. The maximum Gasteiger partial charge on any atom is 0.253 e. The first kappa shape index (κ1) is 19.8. The summed E-state index contributed by atoms with van der Waals surface area (Å²) in [4.78, 5) is 21.7. The number of hydrogen-bond acceptors (Lipinski definition) is 6. The van der Waals surface area contributed by atoms with Crippen molar-refractivity contribution < 1.29 is 13.2 Å². The Labute approximate surface area is 164 Å². The van der Waals surface area contributed by atoms with Crippen molar-refractivity contribution in [3.8, 4) is 0 Å². The molecule has 1 aromatic heterocycles. The molecule has 8 heteroatoms. The number of thiazole rings is 1. The summed E-state index contributed by atoms with van der Waals surface area (Å²) in [5, 5.41) is 2.56. The molecule has 0 aliphatic carbocycles. The minimum absolute atomic E-state index is 0.0549. The average Bonchev–Trinajstić information content (AvgIpc) is 2.93. The van der Waals surface area contributed by atoms with Crippen LogP contribution >= 0.6 is 11.3 Å². The van der Waals surface area contributed by atoms with Gasteiger partial charge in [-0.2, -0.15) is 0 Å². The molecule has 1 fully saturated rings. The van der Waals surface area contributed by atoms with E-state index in [1.807, 2.05) is 17.2 Å². The number of carbonyl (C=O) groups excluding carboxylic acids is 1. The Bertz CT molecular complexity index is 905. The number of benzene rings is 1. The van der Waals surface area contributed by atoms with Gasteiger partial charge < -0.3 is 9.80 Å². The van der Waals surface area contributed by atoms with Gasteiger partial charge in [-0.05, 0) is 51.5 Å². The number of hydrogen-bond donors (Lipinski definition) is 0. The third-order valence-corrected chi connectivity index (χ3v) is 7.90. The lowest BCUT2D eigenvalue weighted by Crippen LogP contribution is -2.35. The van der Waals surface area contributed by atoms with Crippen molar-refractivity contribution in [2.75, 3.05) is 31.1 Å². The molecule has 0 bridgehead atoms. The van der Waals surface area contributed by atoms with Gasteiger partial charge in [0.2, 0.25) is 0 Å². The van der Waals surface area contributed by atoms with Crippen LogP contribution in [0.2, 0.25) is 0 Å². The Hall–Kier alpha value is -1.93. The lowest BCUT2D eigenvalue weighted by Gasteiger charge is -2.22. The predicted molar refractivity (Wildman–Crippen MR) is 108 cm³/mol. The topological polar surface area (TPSA) is 70.6 Å². The van der Waals surface area contributed by atoms with Crippen LogP contribution in [0, 0.1) is 6.92 Å². The monoisotopic (exact) mass is 407 g/mol. The molecular weight excluding hydrogens is 382 g/mol. The summed E-state index contributed by atoms with van der Waals surface area (Å²) in [5.74, 6) is -0.0549. The van der Waals surface area contributed by atoms with E-state index in [9.17, 15) is 13.2 Å². The van der Waals surface area contributed by atoms with E-state index in [2.05, 4.69) is 9.88 Å². The number of sulfone groups is 1.